The van der Waals surface area contributed by atoms with E-state index in [1.807, 2.05) is 0 Å². The van der Waals surface area contributed by atoms with Crippen LogP contribution in [-0.4, -0.2) is 36.6 Å². The standard InChI is InChI=1S/C14H17F3N2OS/c1-3-7-19(9-14(15,16)17)13(20)12-8-10(2)11(21-12)5-4-6-18/h8H,3,6-7,9,18H2,1-2H3. The van der Waals surface area contributed by atoms with Crippen LogP contribution in [0, 0.1) is 18.8 Å². The smallest absolute Gasteiger partial charge is 0.329 e. The minimum Gasteiger partial charge on any atom is -0.329 e. The molecule has 1 rings (SSSR count). The lowest BCUT2D eigenvalue weighted by Gasteiger charge is -2.22. The van der Waals surface area contributed by atoms with Gasteiger partial charge in [0.2, 0.25) is 0 Å². The molecule has 0 atom stereocenters. The van der Waals surface area contributed by atoms with Crippen LogP contribution in [0.25, 0.3) is 0 Å². The fraction of sp³-hybridized carbons (Fsp3) is 0.500. The van der Waals surface area contributed by atoms with Crippen LogP contribution in [0.4, 0.5) is 13.2 Å². The quantitative estimate of drug-likeness (QED) is 0.868. The SMILES string of the molecule is CCCN(CC(F)(F)F)C(=O)c1cc(C)c(C#CCN)s1. The molecular formula is C14H17F3N2OS. The fourth-order valence-electron chi connectivity index (χ4n) is 1.74. The second-order valence-corrected chi connectivity index (χ2v) is 5.52. The van der Waals surface area contributed by atoms with Gasteiger partial charge in [-0.25, -0.2) is 0 Å². The third-order valence-electron chi connectivity index (χ3n) is 2.58. The summed E-state index contributed by atoms with van der Waals surface area (Å²) in [5, 5.41) is 0. The maximum Gasteiger partial charge on any atom is 0.406 e. The van der Waals surface area contributed by atoms with Crippen molar-refractivity contribution < 1.29 is 18.0 Å². The average Bonchev–Trinajstić information content (AvgIpc) is 2.75. The number of alkyl halides is 3. The predicted molar refractivity (Wildman–Crippen MR) is 77.2 cm³/mol. The molecule has 2 N–H and O–H groups in total. The first-order valence-electron chi connectivity index (χ1n) is 6.44. The summed E-state index contributed by atoms with van der Waals surface area (Å²) in [6.45, 7) is 2.52. The van der Waals surface area contributed by atoms with Gasteiger partial charge in [0, 0.05) is 6.54 Å². The van der Waals surface area contributed by atoms with Gasteiger partial charge in [0.05, 0.1) is 16.3 Å². The number of rotatable bonds is 4. The molecule has 21 heavy (non-hydrogen) atoms. The first-order chi connectivity index (χ1) is 9.78. The van der Waals surface area contributed by atoms with Gasteiger partial charge in [-0.15, -0.1) is 11.3 Å². The summed E-state index contributed by atoms with van der Waals surface area (Å²) < 4.78 is 37.6. The van der Waals surface area contributed by atoms with Crippen molar-refractivity contribution in [2.75, 3.05) is 19.6 Å². The minimum atomic E-state index is -4.40. The molecule has 0 fully saturated rings. The van der Waals surface area contributed by atoms with Gasteiger partial charge in [-0.3, -0.25) is 4.79 Å². The normalized spacial score (nSPS) is 11.0. The van der Waals surface area contributed by atoms with E-state index in [0.717, 1.165) is 21.8 Å². The molecule has 0 aliphatic rings. The first-order valence-corrected chi connectivity index (χ1v) is 7.25. The summed E-state index contributed by atoms with van der Waals surface area (Å²) >= 11 is 1.10. The van der Waals surface area contributed by atoms with Crippen LogP contribution in [0.5, 0.6) is 0 Å². The van der Waals surface area contributed by atoms with Crippen LogP contribution < -0.4 is 5.73 Å². The average molecular weight is 318 g/mol. The molecule has 0 saturated heterocycles. The van der Waals surface area contributed by atoms with Crippen molar-refractivity contribution in [2.45, 2.75) is 26.4 Å². The van der Waals surface area contributed by atoms with Crippen molar-refractivity contribution in [1.82, 2.24) is 4.90 Å². The van der Waals surface area contributed by atoms with Crippen molar-refractivity contribution in [2.24, 2.45) is 5.73 Å². The summed E-state index contributed by atoms with van der Waals surface area (Å²) in [6.07, 6.45) is -3.94. The molecule has 0 unspecified atom stereocenters. The number of hydrogen-bond donors (Lipinski definition) is 1. The molecule has 0 aliphatic heterocycles. The Bertz CT molecular complexity index is 555. The number of carbonyl (C=O) groups is 1. The van der Waals surface area contributed by atoms with Gasteiger partial charge in [-0.1, -0.05) is 18.8 Å². The lowest BCUT2D eigenvalue weighted by atomic mass is 10.2. The van der Waals surface area contributed by atoms with E-state index in [1.165, 1.54) is 0 Å². The molecular weight excluding hydrogens is 301 g/mol. The van der Waals surface area contributed by atoms with E-state index in [2.05, 4.69) is 11.8 Å². The number of nitrogens with two attached hydrogens (primary N) is 1. The summed E-state index contributed by atoms with van der Waals surface area (Å²) in [5.74, 6) is 4.88. The molecule has 1 aromatic rings. The molecule has 0 aliphatic carbocycles. The maximum atomic E-state index is 12.5. The highest BCUT2D eigenvalue weighted by Gasteiger charge is 2.33. The molecule has 0 bridgehead atoms. The van der Waals surface area contributed by atoms with E-state index in [4.69, 9.17) is 5.73 Å². The zero-order chi connectivity index (χ0) is 16.0. The molecule has 1 amide bonds. The van der Waals surface area contributed by atoms with Crippen LogP contribution in [0.15, 0.2) is 6.07 Å². The van der Waals surface area contributed by atoms with E-state index in [0.29, 0.717) is 11.3 Å². The third kappa shape index (κ3) is 5.40. The Morgan fingerprint density at radius 3 is 2.67 bits per heavy atom. The Morgan fingerprint density at radius 2 is 2.14 bits per heavy atom. The Balaban J connectivity index is 2.98. The summed E-state index contributed by atoms with van der Waals surface area (Å²) in [7, 11) is 0. The predicted octanol–water partition coefficient (Wildman–Crippen LogP) is 2.78. The molecule has 3 nitrogen and oxygen atoms in total. The Hall–Kier alpha value is -1.52. The minimum absolute atomic E-state index is 0.0686. The van der Waals surface area contributed by atoms with Gasteiger partial charge in [0.25, 0.3) is 5.91 Å². The van der Waals surface area contributed by atoms with Crippen molar-refractivity contribution in [3.63, 3.8) is 0 Å². The lowest BCUT2D eigenvalue weighted by Crippen LogP contribution is -2.39. The summed E-state index contributed by atoms with van der Waals surface area (Å²) in [4.78, 5) is 14.0. The van der Waals surface area contributed by atoms with Crippen molar-refractivity contribution in [1.29, 1.82) is 0 Å². The molecule has 0 saturated carbocycles. The number of aryl methyl sites for hydroxylation is 1. The number of carbonyl (C=O) groups excluding carboxylic acids is 1. The topological polar surface area (TPSA) is 46.3 Å². The van der Waals surface area contributed by atoms with Crippen LogP contribution in [-0.2, 0) is 0 Å². The number of halogens is 3. The molecule has 0 radical (unpaired) electrons. The van der Waals surface area contributed by atoms with Crippen molar-refractivity contribution in [3.05, 3.63) is 21.4 Å². The molecule has 116 valence electrons. The van der Waals surface area contributed by atoms with Gasteiger partial charge in [0.1, 0.15) is 6.54 Å². The van der Waals surface area contributed by atoms with E-state index in [9.17, 15) is 18.0 Å². The largest absolute Gasteiger partial charge is 0.406 e. The Labute approximate surface area is 125 Å². The van der Waals surface area contributed by atoms with Crippen LogP contribution >= 0.6 is 11.3 Å². The summed E-state index contributed by atoms with van der Waals surface area (Å²) in [6, 6.07) is 1.58. The highest BCUT2D eigenvalue weighted by molar-refractivity contribution is 7.14. The zero-order valence-electron chi connectivity index (χ0n) is 11.9. The van der Waals surface area contributed by atoms with Crippen molar-refractivity contribution >= 4 is 17.2 Å². The Morgan fingerprint density at radius 1 is 1.48 bits per heavy atom. The fourth-order valence-corrected chi connectivity index (χ4v) is 2.75. The number of hydrogen-bond acceptors (Lipinski definition) is 3. The molecule has 1 heterocycles. The Kier molecular flexibility index (Phi) is 6.24. The maximum absolute atomic E-state index is 12.5. The zero-order valence-corrected chi connectivity index (χ0v) is 12.7. The number of thiophene rings is 1. The lowest BCUT2D eigenvalue weighted by molar-refractivity contribution is -0.140. The molecule has 7 heteroatoms. The third-order valence-corrected chi connectivity index (χ3v) is 3.72. The first kappa shape index (κ1) is 17.5. The van der Waals surface area contributed by atoms with Crippen molar-refractivity contribution in [3.8, 4) is 11.8 Å². The monoisotopic (exact) mass is 318 g/mol. The van der Waals surface area contributed by atoms with Crippen LogP contribution in [0.1, 0.15) is 33.5 Å². The number of nitrogens with zero attached hydrogens (tertiary/aromatic N) is 1. The van der Waals surface area contributed by atoms with Crippen LogP contribution in [0.3, 0.4) is 0 Å². The van der Waals surface area contributed by atoms with Gasteiger partial charge in [-0.05, 0) is 25.0 Å². The van der Waals surface area contributed by atoms with Gasteiger partial charge >= 0.3 is 6.18 Å². The van der Waals surface area contributed by atoms with Crippen LogP contribution in [0.2, 0.25) is 0 Å². The highest BCUT2D eigenvalue weighted by Crippen LogP contribution is 2.24. The van der Waals surface area contributed by atoms with E-state index in [-0.39, 0.29) is 18.0 Å². The second kappa shape index (κ2) is 7.48. The van der Waals surface area contributed by atoms with Gasteiger partial charge in [0.15, 0.2) is 0 Å². The molecule has 0 aromatic carbocycles. The van der Waals surface area contributed by atoms with E-state index < -0.39 is 18.6 Å². The molecule has 1 aromatic heterocycles. The van der Waals surface area contributed by atoms with Gasteiger partial charge < -0.3 is 10.6 Å². The van der Waals surface area contributed by atoms with E-state index >= 15 is 0 Å². The number of amides is 1. The second-order valence-electron chi connectivity index (χ2n) is 4.47. The highest BCUT2D eigenvalue weighted by atomic mass is 32.1. The summed E-state index contributed by atoms with van der Waals surface area (Å²) in [5.41, 5.74) is 6.05. The molecule has 0 spiro atoms. The van der Waals surface area contributed by atoms with Gasteiger partial charge in [-0.2, -0.15) is 13.2 Å². The van der Waals surface area contributed by atoms with E-state index in [1.54, 1.807) is 19.9 Å².